The van der Waals surface area contributed by atoms with E-state index in [9.17, 15) is 0 Å². The largest absolute Gasteiger partial charge is 0.370 e. The Bertz CT molecular complexity index is 191. The van der Waals surface area contributed by atoms with Gasteiger partial charge in [-0.1, -0.05) is 0 Å². The van der Waals surface area contributed by atoms with Gasteiger partial charge >= 0.3 is 0 Å². The number of nitrogens with one attached hydrogen (secondary N) is 2. The van der Waals surface area contributed by atoms with Gasteiger partial charge in [-0.3, -0.25) is 5.43 Å². The molecule has 0 amide bonds. The summed E-state index contributed by atoms with van der Waals surface area (Å²) in [5.41, 5.74) is 15.7. The maximum Gasteiger partial charge on any atom is 0.186 e. The van der Waals surface area contributed by atoms with Crippen LogP contribution in [-0.4, -0.2) is 30.5 Å². The first-order valence-corrected chi connectivity index (χ1v) is 3.06. The van der Waals surface area contributed by atoms with Crippen molar-refractivity contribution in [3.63, 3.8) is 0 Å². The fraction of sp³-hybridized carbons (Fsp3) is 0.500. The summed E-state index contributed by atoms with van der Waals surface area (Å²) in [6.07, 6.45) is 0. The van der Waals surface area contributed by atoms with Crippen LogP contribution in [0, 0.1) is 0 Å². The summed E-state index contributed by atoms with van der Waals surface area (Å²) < 4.78 is 0. The second-order valence-corrected chi connectivity index (χ2v) is 2.07. The molecule has 1 rings (SSSR count). The second kappa shape index (κ2) is 3.06. The van der Waals surface area contributed by atoms with Gasteiger partial charge in [0.15, 0.2) is 11.8 Å². The first kappa shape index (κ1) is 7.61. The molecule has 62 valence electrons. The van der Waals surface area contributed by atoms with E-state index in [1.54, 1.807) is 12.2 Å². The van der Waals surface area contributed by atoms with Crippen molar-refractivity contribution >= 4 is 11.8 Å². The van der Waals surface area contributed by atoms with Crippen LogP contribution in [0.15, 0.2) is 10.1 Å². The molecule has 0 radical (unpaired) electrons. The van der Waals surface area contributed by atoms with E-state index in [0.29, 0.717) is 12.4 Å². The Kier molecular flexibility index (Phi) is 2.12. The zero-order chi connectivity index (χ0) is 8.27. The van der Waals surface area contributed by atoms with Gasteiger partial charge in [-0.15, -0.1) is 10.2 Å². The third-order valence-corrected chi connectivity index (χ3v) is 1.04. The normalized spacial score (nSPS) is 16.6. The summed E-state index contributed by atoms with van der Waals surface area (Å²) in [4.78, 5) is 3.75. The molecule has 0 saturated carbocycles. The molecule has 1 aliphatic rings. The lowest BCUT2D eigenvalue weighted by Gasteiger charge is -2.06. The Hall–Kier alpha value is -1.50. The predicted molar refractivity (Wildman–Crippen MR) is 42.1 cm³/mol. The highest BCUT2D eigenvalue weighted by Crippen LogP contribution is 1.83. The Labute approximate surface area is 64.1 Å². The molecule has 0 aromatic carbocycles. The molecular formula is C4H11N7. The van der Waals surface area contributed by atoms with E-state index in [0.717, 1.165) is 0 Å². The highest BCUT2D eigenvalue weighted by atomic mass is 15.9. The van der Waals surface area contributed by atoms with Gasteiger partial charge in [0.05, 0.1) is 0 Å². The van der Waals surface area contributed by atoms with E-state index < -0.39 is 0 Å². The lowest BCUT2D eigenvalue weighted by atomic mass is 10.6. The highest BCUT2D eigenvalue weighted by molar-refractivity contribution is 5.87. The molecule has 0 aliphatic carbocycles. The quantitative estimate of drug-likeness (QED) is 0.262. The number of hydrazone groups is 1. The van der Waals surface area contributed by atoms with Gasteiger partial charge in [0.1, 0.15) is 6.54 Å². The monoisotopic (exact) mass is 157 g/mol. The van der Waals surface area contributed by atoms with Crippen LogP contribution in [0.2, 0.25) is 0 Å². The number of hydrogen-bond donors (Lipinski definition) is 4. The number of hydrogen-bond acceptors (Lipinski definition) is 5. The van der Waals surface area contributed by atoms with E-state index >= 15 is 0 Å². The molecule has 6 N–H and O–H groups in total. The SMILES string of the molecule is CN1NN=C(CN=C(N)N)N1. The maximum absolute atomic E-state index is 5.12. The highest BCUT2D eigenvalue weighted by Gasteiger charge is 2.07. The molecule has 11 heavy (non-hydrogen) atoms. The Morgan fingerprint density at radius 3 is 2.91 bits per heavy atom. The molecule has 0 atom stereocenters. The smallest absolute Gasteiger partial charge is 0.186 e. The van der Waals surface area contributed by atoms with Gasteiger partial charge in [-0.05, 0) is 0 Å². The third-order valence-electron chi connectivity index (χ3n) is 1.04. The Morgan fingerprint density at radius 2 is 2.45 bits per heavy atom. The van der Waals surface area contributed by atoms with E-state index in [1.165, 1.54) is 0 Å². The van der Waals surface area contributed by atoms with Crippen LogP contribution >= 0.6 is 0 Å². The summed E-state index contributed by atoms with van der Waals surface area (Å²) in [7, 11) is 1.78. The van der Waals surface area contributed by atoms with Crippen LogP contribution in [0.3, 0.4) is 0 Å². The van der Waals surface area contributed by atoms with Crippen LogP contribution in [0.4, 0.5) is 0 Å². The Balaban J connectivity index is 2.34. The number of nitrogens with zero attached hydrogens (tertiary/aromatic N) is 3. The van der Waals surface area contributed by atoms with Crippen molar-refractivity contribution in [1.29, 1.82) is 0 Å². The molecule has 0 bridgehead atoms. The number of rotatable bonds is 2. The number of nitrogens with two attached hydrogens (primary N) is 2. The van der Waals surface area contributed by atoms with E-state index in [-0.39, 0.29) is 5.96 Å². The van der Waals surface area contributed by atoms with Crippen LogP contribution < -0.4 is 22.4 Å². The van der Waals surface area contributed by atoms with Crippen molar-refractivity contribution in [2.45, 2.75) is 0 Å². The molecule has 0 unspecified atom stereocenters. The first-order valence-electron chi connectivity index (χ1n) is 3.06. The molecule has 1 aliphatic heterocycles. The van der Waals surface area contributed by atoms with Crippen LogP contribution in [0.5, 0.6) is 0 Å². The average Bonchev–Trinajstić information content (AvgIpc) is 2.31. The average molecular weight is 157 g/mol. The molecule has 0 fully saturated rings. The standard InChI is InChI=1S/C4H11N7/c1-11-9-3(8-10-11)2-7-4(5)6/h10H,2H2,1H3,(H,8,9)(H4,5,6,7). The van der Waals surface area contributed by atoms with Crippen molar-refractivity contribution in [2.24, 2.45) is 21.6 Å². The number of guanidine groups is 1. The topological polar surface area (TPSA) is 104 Å². The molecule has 0 aromatic heterocycles. The van der Waals surface area contributed by atoms with Crippen LogP contribution in [0.25, 0.3) is 0 Å². The van der Waals surface area contributed by atoms with Gasteiger partial charge in [0, 0.05) is 7.05 Å². The maximum atomic E-state index is 5.12. The zero-order valence-electron chi connectivity index (χ0n) is 6.20. The number of hydrazine groups is 2. The Morgan fingerprint density at radius 1 is 1.73 bits per heavy atom. The fourth-order valence-corrected chi connectivity index (χ4v) is 0.616. The molecular weight excluding hydrogens is 146 g/mol. The lowest BCUT2D eigenvalue weighted by Crippen LogP contribution is -2.38. The van der Waals surface area contributed by atoms with Gasteiger partial charge in [0.2, 0.25) is 0 Å². The van der Waals surface area contributed by atoms with Crippen molar-refractivity contribution < 1.29 is 0 Å². The van der Waals surface area contributed by atoms with Gasteiger partial charge < -0.3 is 11.5 Å². The second-order valence-electron chi connectivity index (χ2n) is 2.07. The van der Waals surface area contributed by atoms with E-state index in [4.69, 9.17) is 11.5 Å². The molecule has 7 nitrogen and oxygen atoms in total. The minimum atomic E-state index is 0.0593. The molecule has 0 saturated heterocycles. The molecule has 0 aromatic rings. The summed E-state index contributed by atoms with van der Waals surface area (Å²) >= 11 is 0. The van der Waals surface area contributed by atoms with E-state index in [1.807, 2.05) is 0 Å². The predicted octanol–water partition coefficient (Wildman–Crippen LogP) is -2.47. The van der Waals surface area contributed by atoms with Crippen molar-refractivity contribution in [1.82, 2.24) is 16.1 Å². The number of amidine groups is 1. The molecule has 1 heterocycles. The van der Waals surface area contributed by atoms with E-state index in [2.05, 4.69) is 21.1 Å². The molecule has 0 spiro atoms. The third kappa shape index (κ3) is 2.30. The summed E-state index contributed by atoms with van der Waals surface area (Å²) in [6, 6.07) is 0. The summed E-state index contributed by atoms with van der Waals surface area (Å²) in [5, 5.41) is 5.45. The summed E-state index contributed by atoms with van der Waals surface area (Å²) in [5.74, 6) is 0.741. The molecule has 7 heteroatoms. The lowest BCUT2D eigenvalue weighted by molar-refractivity contribution is 0.231. The van der Waals surface area contributed by atoms with Gasteiger partial charge in [0.25, 0.3) is 0 Å². The van der Waals surface area contributed by atoms with Crippen molar-refractivity contribution in [3.05, 3.63) is 0 Å². The van der Waals surface area contributed by atoms with Gasteiger partial charge in [-0.25, -0.2) is 10.5 Å². The van der Waals surface area contributed by atoms with Crippen LogP contribution in [-0.2, 0) is 0 Å². The zero-order valence-corrected chi connectivity index (χ0v) is 6.20. The van der Waals surface area contributed by atoms with Crippen molar-refractivity contribution in [3.8, 4) is 0 Å². The fourth-order valence-electron chi connectivity index (χ4n) is 0.616. The minimum absolute atomic E-state index is 0.0593. The first-order chi connectivity index (χ1) is 5.18. The number of aliphatic imine (C=N–C) groups is 1. The van der Waals surface area contributed by atoms with Crippen LogP contribution in [0.1, 0.15) is 0 Å². The van der Waals surface area contributed by atoms with Gasteiger partial charge in [-0.2, -0.15) is 0 Å². The van der Waals surface area contributed by atoms with Crippen molar-refractivity contribution in [2.75, 3.05) is 13.6 Å². The summed E-state index contributed by atoms with van der Waals surface area (Å²) in [6.45, 7) is 0.361. The minimum Gasteiger partial charge on any atom is -0.370 e.